The van der Waals surface area contributed by atoms with Crippen LogP contribution in [-0.2, 0) is 0 Å². The maximum absolute atomic E-state index is 12.7. The molecule has 0 aliphatic carbocycles. The zero-order valence-corrected chi connectivity index (χ0v) is 17.3. The summed E-state index contributed by atoms with van der Waals surface area (Å²) in [6.07, 6.45) is 5.45. The number of fused-ring (bicyclic) bond motifs is 2. The minimum Gasteiger partial charge on any atom is -0.422 e. The second kappa shape index (κ2) is 7.67. The molecule has 4 aromatic rings. The third-order valence-electron chi connectivity index (χ3n) is 4.96. The van der Waals surface area contributed by atoms with Crippen molar-refractivity contribution in [2.24, 2.45) is 0 Å². The molecule has 1 aliphatic heterocycles. The molecule has 29 heavy (non-hydrogen) atoms. The summed E-state index contributed by atoms with van der Waals surface area (Å²) in [5.74, 6) is 0.819. The van der Waals surface area contributed by atoms with Crippen molar-refractivity contribution >= 4 is 46.4 Å². The number of hydrogen-bond acceptors (Lipinski definition) is 6. The topological polar surface area (TPSA) is 75.7 Å². The third kappa shape index (κ3) is 3.57. The molecule has 0 spiro atoms. The van der Waals surface area contributed by atoms with Gasteiger partial charge in [0, 0.05) is 56.2 Å². The lowest BCUT2D eigenvalue weighted by Crippen LogP contribution is -2.43. The summed E-state index contributed by atoms with van der Waals surface area (Å²) in [5, 5.41) is 4.61. The van der Waals surface area contributed by atoms with Gasteiger partial charge in [0.25, 0.3) is 0 Å². The van der Waals surface area contributed by atoms with Crippen molar-refractivity contribution in [2.75, 3.05) is 31.1 Å². The Morgan fingerprint density at radius 2 is 1.97 bits per heavy atom. The van der Waals surface area contributed by atoms with Crippen LogP contribution in [0.25, 0.3) is 27.9 Å². The van der Waals surface area contributed by atoms with Crippen LogP contribution in [0.2, 0.25) is 5.02 Å². The van der Waals surface area contributed by atoms with Crippen molar-refractivity contribution in [1.29, 1.82) is 0 Å². The molecule has 5 heterocycles. The Bertz CT molecular complexity index is 1260. The van der Waals surface area contributed by atoms with E-state index in [1.165, 1.54) is 0 Å². The van der Waals surface area contributed by atoms with Crippen LogP contribution in [0.5, 0.6) is 0 Å². The standard InChI is InChI=1S/C20H18ClN5O2.ClH/c1-12-6-15(21)19-24-16(11-26(19)10-12)14-7-13-9-23-18(8-17(13)28-20(14)27)25-4-2-22-3-5-25;/h6-11,22H,2-5H2,1H3;1H. The Balaban J connectivity index is 0.00000205. The molecule has 0 saturated carbocycles. The lowest BCUT2D eigenvalue weighted by Gasteiger charge is -2.28. The van der Waals surface area contributed by atoms with Gasteiger partial charge in [0.2, 0.25) is 0 Å². The van der Waals surface area contributed by atoms with Crippen LogP contribution in [0.1, 0.15) is 5.56 Å². The minimum absolute atomic E-state index is 0. The van der Waals surface area contributed by atoms with E-state index in [0.29, 0.717) is 27.5 Å². The van der Waals surface area contributed by atoms with E-state index in [4.69, 9.17) is 16.0 Å². The average molecular weight is 432 g/mol. The van der Waals surface area contributed by atoms with Crippen LogP contribution in [0, 0.1) is 6.92 Å². The fourth-order valence-corrected chi connectivity index (χ4v) is 3.88. The highest BCUT2D eigenvalue weighted by atomic mass is 35.5. The zero-order valence-electron chi connectivity index (χ0n) is 15.7. The molecule has 0 unspecified atom stereocenters. The third-order valence-corrected chi connectivity index (χ3v) is 5.24. The molecule has 1 fully saturated rings. The summed E-state index contributed by atoms with van der Waals surface area (Å²) in [7, 11) is 0. The first-order chi connectivity index (χ1) is 13.6. The molecule has 1 saturated heterocycles. The number of imidazole rings is 1. The highest BCUT2D eigenvalue weighted by Gasteiger charge is 2.16. The maximum atomic E-state index is 12.7. The van der Waals surface area contributed by atoms with Gasteiger partial charge in [0.05, 0.1) is 16.3 Å². The van der Waals surface area contributed by atoms with E-state index in [9.17, 15) is 4.79 Å². The molecule has 7 nitrogen and oxygen atoms in total. The van der Waals surface area contributed by atoms with Gasteiger partial charge in [-0.3, -0.25) is 0 Å². The number of rotatable bonds is 2. The van der Waals surface area contributed by atoms with Gasteiger partial charge < -0.3 is 19.0 Å². The molecule has 1 aliphatic rings. The SMILES string of the molecule is Cc1cc(Cl)c2nc(-c3cc4cnc(N5CCNCC5)cc4oc3=O)cn2c1.Cl. The molecule has 0 atom stereocenters. The largest absolute Gasteiger partial charge is 0.422 e. The highest BCUT2D eigenvalue weighted by Crippen LogP contribution is 2.26. The van der Waals surface area contributed by atoms with Crippen LogP contribution in [-0.4, -0.2) is 40.5 Å². The van der Waals surface area contributed by atoms with Crippen molar-refractivity contribution in [1.82, 2.24) is 19.7 Å². The Morgan fingerprint density at radius 3 is 2.76 bits per heavy atom. The van der Waals surface area contributed by atoms with Gasteiger partial charge >= 0.3 is 5.63 Å². The molecule has 0 aromatic carbocycles. The molecule has 4 aromatic heterocycles. The summed E-state index contributed by atoms with van der Waals surface area (Å²) in [5.41, 5.74) is 2.62. The molecule has 150 valence electrons. The van der Waals surface area contributed by atoms with Crippen LogP contribution in [0.15, 0.2) is 46.0 Å². The fraction of sp³-hybridized carbons (Fsp3) is 0.250. The maximum Gasteiger partial charge on any atom is 0.345 e. The van der Waals surface area contributed by atoms with Gasteiger partial charge in [0.1, 0.15) is 11.4 Å². The van der Waals surface area contributed by atoms with E-state index >= 15 is 0 Å². The van der Waals surface area contributed by atoms with Crippen LogP contribution >= 0.6 is 24.0 Å². The zero-order chi connectivity index (χ0) is 19.3. The predicted molar refractivity (Wildman–Crippen MR) is 117 cm³/mol. The molecule has 5 rings (SSSR count). The fourth-order valence-electron chi connectivity index (χ4n) is 3.57. The van der Waals surface area contributed by atoms with E-state index in [1.54, 1.807) is 18.5 Å². The molecule has 0 radical (unpaired) electrons. The molecular weight excluding hydrogens is 413 g/mol. The summed E-state index contributed by atoms with van der Waals surface area (Å²) >= 11 is 6.29. The van der Waals surface area contributed by atoms with Gasteiger partial charge in [-0.2, -0.15) is 0 Å². The van der Waals surface area contributed by atoms with E-state index < -0.39 is 5.63 Å². The second-order valence-electron chi connectivity index (χ2n) is 6.99. The van der Waals surface area contributed by atoms with Gasteiger partial charge in [0.15, 0.2) is 5.65 Å². The molecule has 9 heteroatoms. The van der Waals surface area contributed by atoms with Crippen molar-refractivity contribution in [3.8, 4) is 11.3 Å². The lowest BCUT2D eigenvalue weighted by atomic mass is 10.2. The van der Waals surface area contributed by atoms with Crippen LogP contribution < -0.4 is 15.8 Å². The number of nitrogens with one attached hydrogen (secondary N) is 1. The van der Waals surface area contributed by atoms with Crippen molar-refractivity contribution in [2.45, 2.75) is 6.92 Å². The molecular formula is C20H19Cl2N5O2. The molecule has 0 bridgehead atoms. The van der Waals surface area contributed by atoms with E-state index in [-0.39, 0.29) is 12.4 Å². The molecule has 1 N–H and O–H groups in total. The minimum atomic E-state index is -0.429. The van der Waals surface area contributed by atoms with E-state index in [1.807, 2.05) is 29.7 Å². The smallest absolute Gasteiger partial charge is 0.345 e. The van der Waals surface area contributed by atoms with Crippen molar-refractivity contribution in [3.63, 3.8) is 0 Å². The number of aromatic nitrogens is 3. The normalized spacial score (nSPS) is 14.3. The van der Waals surface area contributed by atoms with Gasteiger partial charge in [-0.25, -0.2) is 14.8 Å². The Morgan fingerprint density at radius 1 is 1.17 bits per heavy atom. The van der Waals surface area contributed by atoms with Gasteiger partial charge in [-0.05, 0) is 24.6 Å². The first kappa shape index (κ1) is 19.7. The van der Waals surface area contributed by atoms with Crippen molar-refractivity contribution < 1.29 is 4.42 Å². The van der Waals surface area contributed by atoms with Crippen LogP contribution in [0.4, 0.5) is 5.82 Å². The summed E-state index contributed by atoms with van der Waals surface area (Å²) < 4.78 is 7.43. The van der Waals surface area contributed by atoms with E-state index in [2.05, 4.69) is 20.2 Å². The number of pyridine rings is 2. The summed E-state index contributed by atoms with van der Waals surface area (Å²) in [4.78, 5) is 23.9. The lowest BCUT2D eigenvalue weighted by molar-refractivity contribution is 0.560. The Kier molecular flexibility index (Phi) is 5.21. The predicted octanol–water partition coefficient (Wildman–Crippen LogP) is 3.30. The summed E-state index contributed by atoms with van der Waals surface area (Å²) in [6, 6.07) is 5.45. The number of halogens is 2. The average Bonchev–Trinajstić information content (AvgIpc) is 3.12. The molecule has 0 amide bonds. The summed E-state index contributed by atoms with van der Waals surface area (Å²) in [6.45, 7) is 5.54. The second-order valence-corrected chi connectivity index (χ2v) is 7.39. The Hall–Kier alpha value is -2.61. The number of aryl methyl sites for hydroxylation is 1. The van der Waals surface area contributed by atoms with Gasteiger partial charge in [-0.1, -0.05) is 11.6 Å². The van der Waals surface area contributed by atoms with Crippen molar-refractivity contribution in [3.05, 3.63) is 57.8 Å². The highest BCUT2D eigenvalue weighted by molar-refractivity contribution is 6.33. The quantitative estimate of drug-likeness (QED) is 0.524. The number of piperazine rings is 1. The Labute approximate surface area is 177 Å². The first-order valence-corrected chi connectivity index (χ1v) is 9.51. The number of hydrogen-bond donors (Lipinski definition) is 1. The monoisotopic (exact) mass is 431 g/mol. The number of nitrogens with zero attached hydrogens (tertiary/aromatic N) is 4. The van der Waals surface area contributed by atoms with E-state index in [0.717, 1.165) is 42.9 Å². The first-order valence-electron chi connectivity index (χ1n) is 9.13. The van der Waals surface area contributed by atoms with Gasteiger partial charge in [-0.15, -0.1) is 12.4 Å². The number of anilines is 1. The van der Waals surface area contributed by atoms with Crippen LogP contribution in [0.3, 0.4) is 0 Å².